The molecule has 1 amide bonds. The monoisotopic (exact) mass is 400 g/mol. The fraction of sp³-hybridized carbons (Fsp3) is 0.250. The predicted octanol–water partition coefficient (Wildman–Crippen LogP) is 2.08. The van der Waals surface area contributed by atoms with Gasteiger partial charge >= 0.3 is 11.7 Å². The van der Waals surface area contributed by atoms with Gasteiger partial charge in [0, 0.05) is 6.07 Å². The van der Waals surface area contributed by atoms with Crippen LogP contribution >= 0.6 is 0 Å². The number of ether oxygens (including phenoxy) is 2. The van der Waals surface area contributed by atoms with E-state index in [1.165, 1.54) is 26.2 Å². The Morgan fingerprint density at radius 2 is 1.83 bits per heavy atom. The van der Waals surface area contributed by atoms with Crippen molar-refractivity contribution in [2.75, 3.05) is 13.7 Å². The van der Waals surface area contributed by atoms with E-state index in [2.05, 4.69) is 5.32 Å². The smallest absolute Gasteiger partial charge is 0.338 e. The number of ketones is 1. The van der Waals surface area contributed by atoms with E-state index in [1.807, 2.05) is 30.3 Å². The zero-order valence-electron chi connectivity index (χ0n) is 15.9. The molecule has 0 aliphatic rings. The second kappa shape index (κ2) is 9.98. The van der Waals surface area contributed by atoms with Crippen LogP contribution in [0.1, 0.15) is 22.8 Å². The molecule has 0 heterocycles. The van der Waals surface area contributed by atoms with Gasteiger partial charge in [-0.15, -0.1) is 0 Å². The van der Waals surface area contributed by atoms with E-state index in [0.29, 0.717) is 6.42 Å². The summed E-state index contributed by atoms with van der Waals surface area (Å²) in [7, 11) is 1.27. The zero-order valence-corrected chi connectivity index (χ0v) is 15.9. The van der Waals surface area contributed by atoms with Crippen molar-refractivity contribution in [3.63, 3.8) is 0 Å². The van der Waals surface area contributed by atoms with Crippen LogP contribution < -0.4 is 10.1 Å². The first-order valence-electron chi connectivity index (χ1n) is 8.65. The van der Waals surface area contributed by atoms with E-state index in [9.17, 15) is 24.5 Å². The van der Waals surface area contributed by atoms with Crippen molar-refractivity contribution in [2.24, 2.45) is 0 Å². The fourth-order valence-corrected chi connectivity index (χ4v) is 2.56. The molecule has 2 aromatic carbocycles. The Labute approximate surface area is 166 Å². The third-order valence-electron chi connectivity index (χ3n) is 4.05. The molecule has 0 aliphatic heterocycles. The second-order valence-corrected chi connectivity index (χ2v) is 6.14. The molecule has 0 unspecified atom stereocenters. The van der Waals surface area contributed by atoms with Gasteiger partial charge in [-0.25, -0.2) is 4.79 Å². The van der Waals surface area contributed by atoms with E-state index < -0.39 is 35.1 Å². The number of nitro benzene ring substituents is 1. The SMILES string of the molecule is COc1ccc(C(=O)OCC(=O)N[C@@H](Cc2ccccc2)C(C)=O)cc1[N+](=O)[O-]. The van der Waals surface area contributed by atoms with E-state index in [0.717, 1.165) is 11.6 Å². The number of methoxy groups -OCH3 is 1. The molecule has 0 fully saturated rings. The molecule has 1 atom stereocenters. The third kappa shape index (κ3) is 6.13. The van der Waals surface area contributed by atoms with Crippen LogP contribution in [-0.2, 0) is 20.7 Å². The summed E-state index contributed by atoms with van der Waals surface area (Å²) in [6.07, 6.45) is 0.306. The molecule has 152 valence electrons. The second-order valence-electron chi connectivity index (χ2n) is 6.14. The van der Waals surface area contributed by atoms with Crippen LogP contribution in [0, 0.1) is 10.1 Å². The highest BCUT2D eigenvalue weighted by atomic mass is 16.6. The highest BCUT2D eigenvalue weighted by Crippen LogP contribution is 2.27. The van der Waals surface area contributed by atoms with Crippen molar-refractivity contribution in [3.8, 4) is 5.75 Å². The quantitative estimate of drug-likeness (QED) is 0.388. The van der Waals surface area contributed by atoms with Crippen molar-refractivity contribution in [3.05, 3.63) is 69.8 Å². The molecule has 0 radical (unpaired) electrons. The first-order valence-corrected chi connectivity index (χ1v) is 8.65. The first-order chi connectivity index (χ1) is 13.8. The highest BCUT2D eigenvalue weighted by Gasteiger charge is 2.21. The number of amides is 1. The van der Waals surface area contributed by atoms with Gasteiger partial charge in [-0.05, 0) is 31.0 Å². The first kappa shape index (κ1) is 21.5. The average Bonchev–Trinajstić information content (AvgIpc) is 2.71. The van der Waals surface area contributed by atoms with Crippen molar-refractivity contribution in [1.29, 1.82) is 0 Å². The Bertz CT molecular complexity index is 912. The summed E-state index contributed by atoms with van der Waals surface area (Å²) < 4.78 is 9.77. The lowest BCUT2D eigenvalue weighted by Crippen LogP contribution is -2.43. The minimum absolute atomic E-state index is 0.00509. The lowest BCUT2D eigenvalue weighted by Gasteiger charge is -2.16. The van der Waals surface area contributed by atoms with Gasteiger partial charge in [-0.3, -0.25) is 19.7 Å². The number of nitro groups is 1. The number of benzene rings is 2. The fourth-order valence-electron chi connectivity index (χ4n) is 2.56. The van der Waals surface area contributed by atoms with Gasteiger partial charge in [-0.1, -0.05) is 30.3 Å². The van der Waals surface area contributed by atoms with Crippen molar-refractivity contribution < 1.29 is 28.8 Å². The number of carbonyl (C=O) groups is 3. The summed E-state index contributed by atoms with van der Waals surface area (Å²) in [6, 6.07) is 12.0. The van der Waals surface area contributed by atoms with E-state index in [4.69, 9.17) is 9.47 Å². The van der Waals surface area contributed by atoms with Gasteiger partial charge in [0.25, 0.3) is 5.91 Å². The van der Waals surface area contributed by atoms with Crippen LogP contribution in [0.15, 0.2) is 48.5 Å². The molecular weight excluding hydrogens is 380 g/mol. The Hall–Kier alpha value is -3.75. The zero-order chi connectivity index (χ0) is 21.4. The number of esters is 1. The largest absolute Gasteiger partial charge is 0.490 e. The molecule has 9 heteroatoms. The van der Waals surface area contributed by atoms with Crippen molar-refractivity contribution in [2.45, 2.75) is 19.4 Å². The number of hydrogen-bond acceptors (Lipinski definition) is 7. The van der Waals surface area contributed by atoms with Crippen molar-refractivity contribution in [1.82, 2.24) is 5.32 Å². The van der Waals surface area contributed by atoms with Crippen LogP contribution in [-0.4, -0.2) is 42.3 Å². The lowest BCUT2D eigenvalue weighted by atomic mass is 10.0. The minimum Gasteiger partial charge on any atom is -0.490 e. The maximum absolute atomic E-state index is 12.1. The molecule has 0 saturated carbocycles. The summed E-state index contributed by atoms with van der Waals surface area (Å²) in [5.74, 6) is -1.81. The van der Waals surface area contributed by atoms with Crippen LogP contribution in [0.5, 0.6) is 5.75 Å². The maximum atomic E-state index is 12.1. The van der Waals surface area contributed by atoms with E-state index in [-0.39, 0.29) is 17.1 Å². The number of Topliss-reactive ketones (excluding diaryl/α,β-unsaturated/α-hetero) is 1. The Morgan fingerprint density at radius 3 is 2.41 bits per heavy atom. The number of rotatable bonds is 9. The number of hydrogen-bond donors (Lipinski definition) is 1. The van der Waals surface area contributed by atoms with Gasteiger partial charge in [0.1, 0.15) is 0 Å². The third-order valence-corrected chi connectivity index (χ3v) is 4.05. The Kier molecular flexibility index (Phi) is 7.41. The molecular formula is C20H20N2O7. The van der Waals surface area contributed by atoms with Gasteiger partial charge < -0.3 is 14.8 Å². The predicted molar refractivity (Wildman–Crippen MR) is 103 cm³/mol. The molecule has 0 aromatic heterocycles. The molecule has 29 heavy (non-hydrogen) atoms. The molecule has 2 rings (SSSR count). The standard InChI is InChI=1S/C20H20N2O7/c1-13(23)16(10-14-6-4-3-5-7-14)21-19(24)12-29-20(25)15-8-9-18(28-2)17(11-15)22(26)27/h3-9,11,16H,10,12H2,1-2H3,(H,21,24)/t16-/m0/s1. The molecule has 2 aromatic rings. The molecule has 0 saturated heterocycles. The Morgan fingerprint density at radius 1 is 1.14 bits per heavy atom. The summed E-state index contributed by atoms with van der Waals surface area (Å²) in [5.41, 5.74) is 0.374. The van der Waals surface area contributed by atoms with Gasteiger partial charge in [-0.2, -0.15) is 0 Å². The van der Waals surface area contributed by atoms with E-state index >= 15 is 0 Å². The minimum atomic E-state index is -0.909. The van der Waals surface area contributed by atoms with Crippen LogP contribution in [0.4, 0.5) is 5.69 Å². The average molecular weight is 400 g/mol. The lowest BCUT2D eigenvalue weighted by molar-refractivity contribution is -0.385. The molecule has 0 bridgehead atoms. The van der Waals surface area contributed by atoms with Gasteiger partial charge in [0.05, 0.1) is 23.6 Å². The van der Waals surface area contributed by atoms with Crippen LogP contribution in [0.25, 0.3) is 0 Å². The molecule has 9 nitrogen and oxygen atoms in total. The molecule has 1 N–H and O–H groups in total. The molecule has 0 spiro atoms. The van der Waals surface area contributed by atoms with Gasteiger partial charge in [0.15, 0.2) is 18.1 Å². The summed E-state index contributed by atoms with van der Waals surface area (Å²) in [6.45, 7) is 0.730. The van der Waals surface area contributed by atoms with Crippen LogP contribution in [0.2, 0.25) is 0 Å². The Balaban J connectivity index is 1.97. The maximum Gasteiger partial charge on any atom is 0.338 e. The summed E-state index contributed by atoms with van der Waals surface area (Å²) in [4.78, 5) is 46.3. The summed E-state index contributed by atoms with van der Waals surface area (Å²) >= 11 is 0. The number of nitrogens with one attached hydrogen (secondary N) is 1. The van der Waals surface area contributed by atoms with Gasteiger partial charge in [0.2, 0.25) is 0 Å². The summed E-state index contributed by atoms with van der Waals surface area (Å²) in [5, 5.41) is 13.6. The topological polar surface area (TPSA) is 125 Å². The van der Waals surface area contributed by atoms with Crippen molar-refractivity contribution >= 4 is 23.3 Å². The highest BCUT2D eigenvalue weighted by molar-refractivity contribution is 5.93. The van der Waals surface area contributed by atoms with E-state index in [1.54, 1.807) is 0 Å². The normalized spacial score (nSPS) is 11.2. The molecule has 0 aliphatic carbocycles. The number of carbonyl (C=O) groups excluding carboxylic acids is 3. The number of nitrogens with zero attached hydrogens (tertiary/aromatic N) is 1. The van der Waals surface area contributed by atoms with Crippen LogP contribution in [0.3, 0.4) is 0 Å².